The predicted molar refractivity (Wildman–Crippen MR) is 71.3 cm³/mol. The van der Waals surface area contributed by atoms with Gasteiger partial charge in [0.15, 0.2) is 5.78 Å². The first-order valence-electron chi connectivity index (χ1n) is 5.88. The number of aromatic hydroxyl groups is 3. The zero-order chi connectivity index (χ0) is 13.8. The third-order valence-corrected chi connectivity index (χ3v) is 2.84. The van der Waals surface area contributed by atoms with E-state index in [0.29, 0.717) is 0 Å². The molecule has 4 nitrogen and oxygen atoms in total. The lowest BCUT2D eigenvalue weighted by Crippen LogP contribution is -1.99. The number of allylic oxidation sites excluding steroid dienone is 6. The molecule has 0 saturated carbocycles. The van der Waals surface area contributed by atoms with Crippen molar-refractivity contribution in [3.63, 3.8) is 0 Å². The molecule has 1 atom stereocenters. The number of carbonyl (C=O) groups is 1. The molecule has 1 aliphatic rings. The van der Waals surface area contributed by atoms with E-state index in [0.717, 1.165) is 18.6 Å². The van der Waals surface area contributed by atoms with Crippen molar-refractivity contribution in [1.29, 1.82) is 0 Å². The number of hydrogen-bond donors (Lipinski definition) is 3. The van der Waals surface area contributed by atoms with E-state index in [2.05, 4.69) is 0 Å². The zero-order valence-corrected chi connectivity index (χ0v) is 10.2. The molecule has 98 valence electrons. The van der Waals surface area contributed by atoms with Crippen LogP contribution >= 0.6 is 0 Å². The second-order valence-electron chi connectivity index (χ2n) is 4.29. The fraction of sp³-hybridized carbons (Fsp3) is 0.133. The molecule has 1 unspecified atom stereocenters. The van der Waals surface area contributed by atoms with Gasteiger partial charge in [0.2, 0.25) is 0 Å². The maximum Gasteiger partial charge on any atom is 0.193 e. The van der Waals surface area contributed by atoms with Gasteiger partial charge in [0, 0.05) is 12.1 Å². The Hall–Kier alpha value is -2.49. The maximum absolute atomic E-state index is 11.9. The Morgan fingerprint density at radius 2 is 1.84 bits per heavy atom. The summed E-state index contributed by atoms with van der Waals surface area (Å²) < 4.78 is 0. The largest absolute Gasteiger partial charge is 0.508 e. The van der Waals surface area contributed by atoms with Crippen molar-refractivity contribution < 1.29 is 20.1 Å². The van der Waals surface area contributed by atoms with Gasteiger partial charge in [-0.05, 0) is 18.4 Å². The number of rotatable bonds is 3. The molecule has 0 aliphatic heterocycles. The van der Waals surface area contributed by atoms with Gasteiger partial charge in [-0.15, -0.1) is 0 Å². The van der Waals surface area contributed by atoms with Gasteiger partial charge in [-0.2, -0.15) is 0 Å². The second kappa shape index (κ2) is 5.44. The standard InChI is InChI=1S/C15H14O4/c16-11-8-13(18)15(14(19)9-11)12(17)7-6-10-4-2-1-3-5-10/h1-4,6-10,16,18-19H,5H2. The second-order valence-corrected chi connectivity index (χ2v) is 4.29. The predicted octanol–water partition coefficient (Wildman–Crippen LogP) is 2.67. The normalized spacial score (nSPS) is 18.0. The van der Waals surface area contributed by atoms with Gasteiger partial charge >= 0.3 is 0 Å². The summed E-state index contributed by atoms with van der Waals surface area (Å²) in [4.78, 5) is 11.9. The molecule has 1 aromatic carbocycles. The van der Waals surface area contributed by atoms with Crippen molar-refractivity contribution >= 4 is 5.78 Å². The van der Waals surface area contributed by atoms with E-state index >= 15 is 0 Å². The molecule has 0 spiro atoms. The van der Waals surface area contributed by atoms with Gasteiger partial charge in [0.05, 0.1) is 0 Å². The minimum absolute atomic E-state index is 0.135. The van der Waals surface area contributed by atoms with Crippen molar-refractivity contribution in [1.82, 2.24) is 0 Å². The molecular formula is C15H14O4. The van der Waals surface area contributed by atoms with Gasteiger partial charge in [-0.3, -0.25) is 4.79 Å². The number of hydrogen-bond acceptors (Lipinski definition) is 4. The molecule has 0 saturated heterocycles. The summed E-state index contributed by atoms with van der Waals surface area (Å²) in [6.45, 7) is 0. The van der Waals surface area contributed by atoms with Gasteiger partial charge < -0.3 is 15.3 Å². The minimum atomic E-state index is -0.502. The van der Waals surface area contributed by atoms with Crippen LogP contribution in [0.25, 0.3) is 0 Å². The van der Waals surface area contributed by atoms with Crippen LogP contribution in [0, 0.1) is 5.92 Å². The van der Waals surface area contributed by atoms with Crippen LogP contribution in [0.4, 0.5) is 0 Å². The fourth-order valence-corrected chi connectivity index (χ4v) is 1.89. The van der Waals surface area contributed by atoms with Crippen LogP contribution in [0.15, 0.2) is 48.6 Å². The average molecular weight is 258 g/mol. The van der Waals surface area contributed by atoms with Crippen LogP contribution in [0.5, 0.6) is 17.2 Å². The maximum atomic E-state index is 11.9. The number of benzene rings is 1. The Morgan fingerprint density at radius 3 is 2.42 bits per heavy atom. The highest BCUT2D eigenvalue weighted by atomic mass is 16.3. The van der Waals surface area contributed by atoms with E-state index in [4.69, 9.17) is 5.11 Å². The number of phenols is 3. The first kappa shape index (κ1) is 13.0. The monoisotopic (exact) mass is 258 g/mol. The molecule has 1 aromatic rings. The van der Waals surface area contributed by atoms with E-state index < -0.39 is 17.3 Å². The molecule has 4 heteroatoms. The van der Waals surface area contributed by atoms with E-state index in [1.54, 1.807) is 6.08 Å². The highest BCUT2D eigenvalue weighted by Crippen LogP contribution is 2.32. The SMILES string of the molecule is O=C(C=CC1C=CC=CC1)c1c(O)cc(O)cc1O. The first-order valence-corrected chi connectivity index (χ1v) is 5.88. The van der Waals surface area contributed by atoms with Gasteiger partial charge in [-0.1, -0.05) is 30.4 Å². The van der Waals surface area contributed by atoms with Crippen LogP contribution in [0.1, 0.15) is 16.8 Å². The fourth-order valence-electron chi connectivity index (χ4n) is 1.89. The average Bonchev–Trinajstić information content (AvgIpc) is 2.36. The summed E-state index contributed by atoms with van der Waals surface area (Å²) in [5.74, 6) is -1.54. The summed E-state index contributed by atoms with van der Waals surface area (Å²) in [6.07, 6.45) is 11.6. The first-order chi connectivity index (χ1) is 9.08. The van der Waals surface area contributed by atoms with E-state index in [1.807, 2.05) is 24.3 Å². The van der Waals surface area contributed by atoms with Crippen LogP contribution in [0.2, 0.25) is 0 Å². The van der Waals surface area contributed by atoms with Crippen LogP contribution in [-0.2, 0) is 0 Å². The van der Waals surface area contributed by atoms with Crippen LogP contribution in [-0.4, -0.2) is 21.1 Å². The lowest BCUT2D eigenvalue weighted by Gasteiger charge is -2.07. The summed E-state index contributed by atoms with van der Waals surface area (Å²) >= 11 is 0. The highest BCUT2D eigenvalue weighted by Gasteiger charge is 2.15. The molecule has 0 fully saturated rings. The lowest BCUT2D eigenvalue weighted by molar-refractivity contribution is 0.104. The van der Waals surface area contributed by atoms with E-state index in [-0.39, 0.29) is 17.2 Å². The zero-order valence-electron chi connectivity index (χ0n) is 10.2. The molecule has 3 N–H and O–H groups in total. The van der Waals surface area contributed by atoms with Crippen molar-refractivity contribution in [2.45, 2.75) is 6.42 Å². The molecule has 0 bridgehead atoms. The molecular weight excluding hydrogens is 244 g/mol. The number of carbonyl (C=O) groups excluding carboxylic acids is 1. The number of phenolic OH excluding ortho intramolecular Hbond substituents is 3. The molecule has 0 aromatic heterocycles. The minimum Gasteiger partial charge on any atom is -0.508 e. The topological polar surface area (TPSA) is 77.8 Å². The Bertz CT molecular complexity index is 559. The Balaban J connectivity index is 2.18. The molecule has 19 heavy (non-hydrogen) atoms. The van der Waals surface area contributed by atoms with E-state index in [1.165, 1.54) is 6.08 Å². The van der Waals surface area contributed by atoms with Gasteiger partial charge in [0.1, 0.15) is 22.8 Å². The summed E-state index contributed by atoms with van der Waals surface area (Å²) in [7, 11) is 0. The summed E-state index contributed by atoms with van der Waals surface area (Å²) in [5, 5.41) is 28.3. The summed E-state index contributed by atoms with van der Waals surface area (Å²) in [6, 6.07) is 2.04. The smallest absolute Gasteiger partial charge is 0.193 e. The Labute approximate surface area is 110 Å². The molecule has 2 rings (SSSR count). The Kier molecular flexibility index (Phi) is 3.71. The molecule has 1 aliphatic carbocycles. The number of ketones is 1. The van der Waals surface area contributed by atoms with Gasteiger partial charge in [0.25, 0.3) is 0 Å². The third kappa shape index (κ3) is 3.04. The lowest BCUT2D eigenvalue weighted by atomic mass is 9.99. The van der Waals surface area contributed by atoms with Crippen molar-refractivity contribution in [3.8, 4) is 17.2 Å². The highest BCUT2D eigenvalue weighted by molar-refractivity contribution is 6.08. The third-order valence-electron chi connectivity index (χ3n) is 2.84. The quantitative estimate of drug-likeness (QED) is 0.575. The van der Waals surface area contributed by atoms with Crippen LogP contribution < -0.4 is 0 Å². The van der Waals surface area contributed by atoms with Crippen LogP contribution in [0.3, 0.4) is 0 Å². The molecule has 0 heterocycles. The van der Waals surface area contributed by atoms with E-state index in [9.17, 15) is 15.0 Å². The van der Waals surface area contributed by atoms with Crippen molar-refractivity contribution in [2.75, 3.05) is 0 Å². The van der Waals surface area contributed by atoms with Crippen molar-refractivity contribution in [2.24, 2.45) is 5.92 Å². The summed E-state index contributed by atoms with van der Waals surface area (Å²) in [5.41, 5.74) is -0.204. The Morgan fingerprint density at radius 1 is 1.16 bits per heavy atom. The molecule has 0 radical (unpaired) electrons. The molecule has 0 amide bonds. The van der Waals surface area contributed by atoms with Crippen molar-refractivity contribution in [3.05, 3.63) is 54.2 Å². The van der Waals surface area contributed by atoms with Gasteiger partial charge in [-0.25, -0.2) is 0 Å².